The van der Waals surface area contributed by atoms with Crippen LogP contribution in [-0.2, 0) is 11.0 Å². The molecule has 0 unspecified atom stereocenters. The number of alkyl halides is 3. The largest absolute Gasteiger partial charge is 0.417 e. The van der Waals surface area contributed by atoms with Crippen molar-refractivity contribution in [3.8, 4) is 0 Å². The van der Waals surface area contributed by atoms with E-state index in [1.54, 1.807) is 0 Å². The number of pyridine rings is 1. The van der Waals surface area contributed by atoms with Gasteiger partial charge in [0.1, 0.15) is 5.82 Å². The molecule has 0 aromatic carbocycles. The normalized spacial score (nSPS) is 17.6. The van der Waals surface area contributed by atoms with Gasteiger partial charge in [0.05, 0.1) is 12.1 Å². The van der Waals surface area contributed by atoms with Gasteiger partial charge in [-0.1, -0.05) is 6.92 Å². The lowest BCUT2D eigenvalue weighted by molar-refractivity contribution is -0.137. The van der Waals surface area contributed by atoms with Crippen molar-refractivity contribution in [1.82, 2.24) is 15.2 Å². The van der Waals surface area contributed by atoms with Gasteiger partial charge in [-0.15, -0.1) is 0 Å². The minimum Gasteiger partial charge on any atom is -0.354 e. The first-order valence-electron chi connectivity index (χ1n) is 8.09. The van der Waals surface area contributed by atoms with Crippen LogP contribution >= 0.6 is 0 Å². The second kappa shape index (κ2) is 7.83. The van der Waals surface area contributed by atoms with E-state index in [2.05, 4.69) is 10.3 Å². The molecule has 2 heterocycles. The van der Waals surface area contributed by atoms with E-state index < -0.39 is 11.7 Å². The Hall–Kier alpha value is -1.83. The molecular formula is C16H23F3N4O. The highest BCUT2D eigenvalue weighted by atomic mass is 19.4. The van der Waals surface area contributed by atoms with Crippen molar-refractivity contribution in [3.63, 3.8) is 0 Å². The number of nitrogens with zero attached hydrogens (tertiary/aromatic N) is 3. The molecule has 1 fully saturated rings. The van der Waals surface area contributed by atoms with Crippen LogP contribution in [0.15, 0.2) is 18.3 Å². The molecule has 1 aliphatic rings. The molecular weight excluding hydrogens is 321 g/mol. The van der Waals surface area contributed by atoms with Crippen LogP contribution in [0.25, 0.3) is 0 Å². The molecule has 1 amide bonds. The summed E-state index contributed by atoms with van der Waals surface area (Å²) in [5, 5.41) is 2.93. The number of hydrogen-bond acceptors (Lipinski definition) is 4. The van der Waals surface area contributed by atoms with Crippen LogP contribution in [0.2, 0.25) is 0 Å². The highest BCUT2D eigenvalue weighted by Crippen LogP contribution is 2.29. The fourth-order valence-corrected chi connectivity index (χ4v) is 2.50. The van der Waals surface area contributed by atoms with Crippen molar-refractivity contribution in [3.05, 3.63) is 23.9 Å². The van der Waals surface area contributed by atoms with Gasteiger partial charge in [0, 0.05) is 38.4 Å². The van der Waals surface area contributed by atoms with E-state index in [1.165, 1.54) is 6.07 Å². The minimum atomic E-state index is -4.37. The monoisotopic (exact) mass is 344 g/mol. The molecule has 134 valence electrons. The van der Waals surface area contributed by atoms with Gasteiger partial charge in [0.15, 0.2) is 0 Å². The summed E-state index contributed by atoms with van der Waals surface area (Å²) >= 11 is 0. The summed E-state index contributed by atoms with van der Waals surface area (Å²) in [5.41, 5.74) is -0.744. The summed E-state index contributed by atoms with van der Waals surface area (Å²) in [6.07, 6.45) is -2.62. The average molecular weight is 344 g/mol. The summed E-state index contributed by atoms with van der Waals surface area (Å²) in [6.45, 7) is 6.95. The molecule has 1 aliphatic heterocycles. The SMILES string of the molecule is CC[C@@H](C)NC(=O)CN1CCN(c2ccc(C(F)(F)F)cn2)CC1. The van der Waals surface area contributed by atoms with Crippen molar-refractivity contribution in [2.24, 2.45) is 0 Å². The van der Waals surface area contributed by atoms with Crippen LogP contribution in [0.3, 0.4) is 0 Å². The molecule has 2 rings (SSSR count). The fraction of sp³-hybridized carbons (Fsp3) is 0.625. The first-order chi connectivity index (χ1) is 11.3. The topological polar surface area (TPSA) is 48.5 Å². The summed E-state index contributed by atoms with van der Waals surface area (Å²) in [6, 6.07) is 2.61. The van der Waals surface area contributed by atoms with Gasteiger partial charge in [-0.2, -0.15) is 13.2 Å². The lowest BCUT2D eigenvalue weighted by Gasteiger charge is -2.35. The number of rotatable bonds is 5. The number of amides is 1. The van der Waals surface area contributed by atoms with Gasteiger partial charge >= 0.3 is 6.18 Å². The standard InChI is InChI=1S/C16H23F3N4O/c1-3-12(2)21-15(24)11-22-6-8-23(9-7-22)14-5-4-13(10-20-14)16(17,18)19/h4-5,10,12H,3,6-9,11H2,1-2H3,(H,21,24)/t12-/m1/s1. The first-order valence-corrected chi connectivity index (χ1v) is 8.09. The molecule has 0 radical (unpaired) electrons. The van der Waals surface area contributed by atoms with Crippen LogP contribution < -0.4 is 10.2 Å². The number of anilines is 1. The maximum absolute atomic E-state index is 12.6. The number of aromatic nitrogens is 1. The molecule has 1 aromatic heterocycles. The van der Waals surface area contributed by atoms with Crippen LogP contribution in [-0.4, -0.2) is 54.6 Å². The van der Waals surface area contributed by atoms with Crippen LogP contribution in [0.5, 0.6) is 0 Å². The molecule has 24 heavy (non-hydrogen) atoms. The highest BCUT2D eigenvalue weighted by Gasteiger charge is 2.31. The van der Waals surface area contributed by atoms with E-state index >= 15 is 0 Å². The second-order valence-electron chi connectivity index (χ2n) is 6.04. The molecule has 8 heteroatoms. The predicted octanol–water partition coefficient (Wildman–Crippen LogP) is 2.14. The van der Waals surface area contributed by atoms with Crippen molar-refractivity contribution >= 4 is 11.7 Å². The second-order valence-corrected chi connectivity index (χ2v) is 6.04. The highest BCUT2D eigenvalue weighted by molar-refractivity contribution is 5.78. The molecule has 1 N–H and O–H groups in total. The summed E-state index contributed by atoms with van der Waals surface area (Å²) < 4.78 is 37.7. The van der Waals surface area contributed by atoms with E-state index in [1.807, 2.05) is 23.6 Å². The van der Waals surface area contributed by atoms with E-state index in [-0.39, 0.29) is 11.9 Å². The van der Waals surface area contributed by atoms with E-state index in [4.69, 9.17) is 0 Å². The zero-order valence-electron chi connectivity index (χ0n) is 13.9. The van der Waals surface area contributed by atoms with Gasteiger partial charge in [-0.25, -0.2) is 4.98 Å². The lowest BCUT2D eigenvalue weighted by Crippen LogP contribution is -2.50. The van der Waals surface area contributed by atoms with Crippen molar-refractivity contribution in [2.75, 3.05) is 37.6 Å². The predicted molar refractivity (Wildman–Crippen MR) is 85.8 cm³/mol. The third kappa shape index (κ3) is 5.09. The zero-order valence-corrected chi connectivity index (χ0v) is 13.9. The van der Waals surface area contributed by atoms with E-state index in [0.717, 1.165) is 18.7 Å². The molecule has 1 aromatic rings. The lowest BCUT2D eigenvalue weighted by atomic mass is 10.2. The smallest absolute Gasteiger partial charge is 0.354 e. The zero-order chi connectivity index (χ0) is 17.7. The number of piperazine rings is 1. The first kappa shape index (κ1) is 18.5. The Balaban J connectivity index is 1.83. The number of halogens is 3. The van der Waals surface area contributed by atoms with Crippen molar-refractivity contribution in [1.29, 1.82) is 0 Å². The van der Waals surface area contributed by atoms with Gasteiger partial charge in [-0.3, -0.25) is 9.69 Å². The van der Waals surface area contributed by atoms with Crippen molar-refractivity contribution in [2.45, 2.75) is 32.5 Å². The van der Waals surface area contributed by atoms with Gasteiger partial charge in [0.25, 0.3) is 0 Å². The third-order valence-electron chi connectivity index (χ3n) is 4.16. The van der Waals surface area contributed by atoms with Gasteiger partial charge in [0.2, 0.25) is 5.91 Å². The molecule has 0 bridgehead atoms. The molecule has 1 atom stereocenters. The number of nitrogens with one attached hydrogen (secondary N) is 1. The Morgan fingerprint density at radius 1 is 1.29 bits per heavy atom. The molecule has 5 nitrogen and oxygen atoms in total. The third-order valence-corrected chi connectivity index (χ3v) is 4.16. The van der Waals surface area contributed by atoms with Crippen LogP contribution in [0.4, 0.5) is 19.0 Å². The Kier molecular flexibility index (Phi) is 6.04. The number of carbonyl (C=O) groups excluding carboxylic acids is 1. The maximum atomic E-state index is 12.6. The Labute approximate surface area is 139 Å². The number of carbonyl (C=O) groups is 1. The Morgan fingerprint density at radius 3 is 2.46 bits per heavy atom. The Morgan fingerprint density at radius 2 is 1.96 bits per heavy atom. The fourth-order valence-electron chi connectivity index (χ4n) is 2.50. The van der Waals surface area contributed by atoms with Gasteiger partial charge in [-0.05, 0) is 25.5 Å². The Bertz CT molecular complexity index is 539. The van der Waals surface area contributed by atoms with Crippen LogP contribution in [0, 0.1) is 0 Å². The molecule has 1 saturated heterocycles. The van der Waals surface area contributed by atoms with Gasteiger partial charge < -0.3 is 10.2 Å². The minimum absolute atomic E-state index is 0.00505. The van der Waals surface area contributed by atoms with Crippen molar-refractivity contribution < 1.29 is 18.0 Å². The summed E-state index contributed by atoms with van der Waals surface area (Å²) in [5.74, 6) is 0.539. The number of hydrogen-bond donors (Lipinski definition) is 1. The van der Waals surface area contributed by atoms with Crippen LogP contribution in [0.1, 0.15) is 25.8 Å². The molecule has 0 saturated carbocycles. The quantitative estimate of drug-likeness (QED) is 0.889. The van der Waals surface area contributed by atoms with E-state index in [0.29, 0.717) is 38.5 Å². The summed E-state index contributed by atoms with van der Waals surface area (Å²) in [4.78, 5) is 19.8. The molecule has 0 spiro atoms. The van der Waals surface area contributed by atoms with E-state index in [9.17, 15) is 18.0 Å². The molecule has 0 aliphatic carbocycles. The average Bonchev–Trinajstić information content (AvgIpc) is 2.54. The maximum Gasteiger partial charge on any atom is 0.417 e. The summed E-state index contributed by atoms with van der Waals surface area (Å²) in [7, 11) is 0.